The van der Waals surface area contributed by atoms with Crippen molar-refractivity contribution in [1.29, 1.82) is 0 Å². The van der Waals surface area contributed by atoms with Crippen molar-refractivity contribution < 1.29 is 14.4 Å². The molecule has 0 saturated carbocycles. The molecule has 36 heavy (non-hydrogen) atoms. The maximum atomic E-state index is 14.5. The molecule has 0 unspecified atom stereocenters. The molecule has 1 saturated heterocycles. The Hall–Kier alpha value is -3.99. The van der Waals surface area contributed by atoms with Crippen molar-refractivity contribution >= 4 is 34.9 Å². The van der Waals surface area contributed by atoms with Gasteiger partial charge in [0.05, 0.1) is 12.0 Å². The topological polar surface area (TPSA) is 66.5 Å². The summed E-state index contributed by atoms with van der Waals surface area (Å²) in [6.07, 6.45) is 4.02. The third-order valence-corrected chi connectivity index (χ3v) is 7.89. The van der Waals surface area contributed by atoms with E-state index in [9.17, 15) is 14.4 Å². The van der Waals surface area contributed by atoms with Crippen LogP contribution in [0.2, 0.25) is 0 Å². The fourth-order valence-electron chi connectivity index (χ4n) is 6.35. The van der Waals surface area contributed by atoms with Crippen LogP contribution in [0.25, 0.3) is 6.08 Å². The monoisotopic (exact) mass is 476 g/mol. The Morgan fingerprint density at radius 2 is 1.56 bits per heavy atom. The minimum absolute atomic E-state index is 0.0547. The first-order valence-electron chi connectivity index (χ1n) is 12.4. The maximum Gasteiger partial charge on any atom is 0.238 e. The average molecular weight is 477 g/mol. The molecule has 1 fully saturated rings. The molecule has 0 aliphatic carbocycles. The lowest BCUT2D eigenvalue weighted by Gasteiger charge is -2.38. The Kier molecular flexibility index (Phi) is 4.84. The van der Waals surface area contributed by atoms with Crippen LogP contribution in [0.1, 0.15) is 42.3 Å². The molecule has 4 atom stereocenters. The summed E-state index contributed by atoms with van der Waals surface area (Å²) >= 11 is 0. The Morgan fingerprint density at radius 1 is 0.889 bits per heavy atom. The van der Waals surface area contributed by atoms with Crippen molar-refractivity contribution in [3.63, 3.8) is 0 Å². The summed E-state index contributed by atoms with van der Waals surface area (Å²) < 4.78 is 0. The van der Waals surface area contributed by atoms with E-state index in [4.69, 9.17) is 0 Å². The van der Waals surface area contributed by atoms with E-state index in [1.165, 1.54) is 0 Å². The molecule has 5 heteroatoms. The van der Waals surface area contributed by atoms with Crippen LogP contribution in [0.3, 0.4) is 0 Å². The zero-order chi connectivity index (χ0) is 25.2. The molecule has 1 spiro atoms. The van der Waals surface area contributed by atoms with Crippen molar-refractivity contribution in [2.45, 2.75) is 38.3 Å². The Labute approximate surface area is 210 Å². The van der Waals surface area contributed by atoms with Crippen LogP contribution in [0.15, 0.2) is 84.9 Å². The number of ketones is 2. The van der Waals surface area contributed by atoms with E-state index in [1.807, 2.05) is 99.7 Å². The second-order valence-corrected chi connectivity index (χ2v) is 10.9. The van der Waals surface area contributed by atoms with Gasteiger partial charge in [-0.15, -0.1) is 0 Å². The Bertz CT molecular complexity index is 1440. The highest BCUT2D eigenvalue weighted by molar-refractivity contribution is 6.17. The Balaban J connectivity index is 1.69. The van der Waals surface area contributed by atoms with Crippen LogP contribution in [0.5, 0.6) is 0 Å². The molecule has 6 rings (SSSR count). The van der Waals surface area contributed by atoms with E-state index < -0.39 is 28.8 Å². The van der Waals surface area contributed by atoms with Gasteiger partial charge in [0.2, 0.25) is 5.91 Å². The van der Waals surface area contributed by atoms with E-state index in [1.54, 1.807) is 12.1 Å². The molecular weight excluding hydrogens is 448 g/mol. The predicted octanol–water partition coefficient (Wildman–Crippen LogP) is 5.28. The van der Waals surface area contributed by atoms with Crippen molar-refractivity contribution in [3.8, 4) is 0 Å². The highest BCUT2D eigenvalue weighted by Gasteiger charge is 2.70. The van der Waals surface area contributed by atoms with E-state index in [0.717, 1.165) is 16.8 Å². The summed E-state index contributed by atoms with van der Waals surface area (Å²) in [6.45, 7) is 5.65. The first-order valence-corrected chi connectivity index (χ1v) is 12.4. The lowest BCUT2D eigenvalue weighted by atomic mass is 9.63. The molecule has 0 radical (unpaired) electrons. The number of carbonyl (C=O) groups excluding carboxylic acids is 3. The van der Waals surface area contributed by atoms with Gasteiger partial charge in [0, 0.05) is 22.4 Å². The molecule has 3 aromatic rings. The average Bonchev–Trinajstić information content (AvgIpc) is 3.36. The fourth-order valence-corrected chi connectivity index (χ4v) is 6.35. The summed E-state index contributed by atoms with van der Waals surface area (Å²) in [4.78, 5) is 45.0. The van der Waals surface area contributed by atoms with Crippen LogP contribution in [-0.4, -0.2) is 29.6 Å². The van der Waals surface area contributed by atoms with Crippen LogP contribution in [0, 0.1) is 11.3 Å². The van der Waals surface area contributed by atoms with E-state index in [-0.39, 0.29) is 17.5 Å². The number of para-hydroxylation sites is 2. The van der Waals surface area contributed by atoms with Gasteiger partial charge in [0.25, 0.3) is 0 Å². The molecule has 180 valence electrons. The summed E-state index contributed by atoms with van der Waals surface area (Å²) in [5, 5.41) is 3.06. The summed E-state index contributed by atoms with van der Waals surface area (Å²) in [5.41, 5.74) is 1.84. The minimum atomic E-state index is -1.25. The number of hydrogen-bond acceptors (Lipinski definition) is 4. The lowest BCUT2D eigenvalue weighted by Crippen LogP contribution is -2.51. The predicted molar refractivity (Wildman–Crippen MR) is 141 cm³/mol. The smallest absolute Gasteiger partial charge is 0.238 e. The van der Waals surface area contributed by atoms with E-state index in [2.05, 4.69) is 10.2 Å². The zero-order valence-electron chi connectivity index (χ0n) is 20.6. The lowest BCUT2D eigenvalue weighted by molar-refractivity contribution is -0.128. The highest BCUT2D eigenvalue weighted by atomic mass is 16.2. The van der Waals surface area contributed by atoms with Crippen molar-refractivity contribution in [2.75, 3.05) is 10.2 Å². The molecule has 3 aliphatic heterocycles. The normalized spacial score (nSPS) is 25.8. The number of nitrogens with one attached hydrogen (secondary N) is 1. The number of Topliss-reactive ketones (excluding diaryl/α,β-unsaturated/α-hetero) is 2. The van der Waals surface area contributed by atoms with Gasteiger partial charge in [-0.3, -0.25) is 14.4 Å². The summed E-state index contributed by atoms with van der Waals surface area (Å²) in [5.74, 6) is -1.39. The van der Waals surface area contributed by atoms with Crippen LogP contribution < -0.4 is 10.2 Å². The molecule has 0 bridgehead atoms. The van der Waals surface area contributed by atoms with Crippen molar-refractivity contribution in [2.24, 2.45) is 11.3 Å². The van der Waals surface area contributed by atoms with Gasteiger partial charge in [-0.1, -0.05) is 99.7 Å². The molecule has 3 aromatic carbocycles. The molecule has 1 N–H and O–H groups in total. The number of rotatable bonds is 3. The van der Waals surface area contributed by atoms with Gasteiger partial charge in [0.1, 0.15) is 11.5 Å². The largest absolute Gasteiger partial charge is 0.352 e. The maximum absolute atomic E-state index is 14.5. The molecule has 0 aromatic heterocycles. The SMILES string of the molecule is CC(C)(C)C(=O)[C@@H]1[C@@H](C(=O)c2ccccc2)[C@]2(C(=O)Nc3ccccc32)[C@H]2C=Cc3ccccc3N12. The van der Waals surface area contributed by atoms with Gasteiger partial charge >= 0.3 is 0 Å². The third kappa shape index (κ3) is 2.92. The van der Waals surface area contributed by atoms with Gasteiger partial charge in [-0.25, -0.2) is 0 Å². The van der Waals surface area contributed by atoms with E-state index in [0.29, 0.717) is 11.3 Å². The number of anilines is 2. The molecule has 5 nitrogen and oxygen atoms in total. The first kappa shape index (κ1) is 22.5. The van der Waals surface area contributed by atoms with Crippen LogP contribution in [-0.2, 0) is 15.0 Å². The number of nitrogens with zero attached hydrogens (tertiary/aromatic N) is 1. The highest BCUT2D eigenvalue weighted by Crippen LogP contribution is 2.58. The third-order valence-electron chi connectivity index (χ3n) is 7.89. The quantitative estimate of drug-likeness (QED) is 0.523. The molecular formula is C31H28N2O3. The fraction of sp³-hybridized carbons (Fsp3) is 0.258. The van der Waals surface area contributed by atoms with Gasteiger partial charge < -0.3 is 10.2 Å². The van der Waals surface area contributed by atoms with E-state index >= 15 is 0 Å². The molecule has 3 heterocycles. The minimum Gasteiger partial charge on any atom is -0.352 e. The van der Waals surface area contributed by atoms with Crippen LogP contribution in [0.4, 0.5) is 11.4 Å². The summed E-state index contributed by atoms with van der Waals surface area (Å²) in [6, 6.07) is 23.2. The second kappa shape index (κ2) is 7.76. The van der Waals surface area contributed by atoms with Gasteiger partial charge in [-0.05, 0) is 23.3 Å². The van der Waals surface area contributed by atoms with Gasteiger partial charge in [-0.2, -0.15) is 0 Å². The molecule has 3 aliphatic rings. The summed E-state index contributed by atoms with van der Waals surface area (Å²) in [7, 11) is 0. The second-order valence-electron chi connectivity index (χ2n) is 10.9. The Morgan fingerprint density at radius 3 is 2.31 bits per heavy atom. The zero-order valence-corrected chi connectivity index (χ0v) is 20.6. The number of fused-ring (bicyclic) bond motifs is 6. The standard InChI is InChI=1S/C31H28N2O3/c1-30(2,3)28(35)26-25(27(34)20-12-5-4-6-13-20)31(21-14-8-9-15-22(21)32-29(31)36)24-18-17-19-11-7-10-16-23(19)33(24)26/h4-18,24-26H,1-3H3,(H,32,36)/t24-,25+,26+,31-/m1/s1. The van der Waals surface area contributed by atoms with Crippen molar-refractivity contribution in [3.05, 3.63) is 102 Å². The number of amides is 1. The number of carbonyl (C=O) groups is 3. The number of hydrogen-bond donors (Lipinski definition) is 1. The van der Waals surface area contributed by atoms with Gasteiger partial charge in [0.15, 0.2) is 11.6 Å². The molecule has 1 amide bonds. The first-order chi connectivity index (χ1) is 17.3. The van der Waals surface area contributed by atoms with Crippen LogP contribution >= 0.6 is 0 Å². The van der Waals surface area contributed by atoms with Crippen molar-refractivity contribution in [1.82, 2.24) is 0 Å². The number of benzene rings is 3.